The van der Waals surface area contributed by atoms with E-state index in [0.29, 0.717) is 22.0 Å². The minimum atomic E-state index is -3.80. The summed E-state index contributed by atoms with van der Waals surface area (Å²) in [6.07, 6.45) is 0. The van der Waals surface area contributed by atoms with E-state index in [-0.39, 0.29) is 10.5 Å². The fourth-order valence-electron chi connectivity index (χ4n) is 2.33. The van der Waals surface area contributed by atoms with E-state index >= 15 is 0 Å². The first-order chi connectivity index (χ1) is 10.4. The van der Waals surface area contributed by atoms with Crippen LogP contribution in [0.5, 0.6) is 0 Å². The van der Waals surface area contributed by atoms with Crippen LogP contribution in [-0.4, -0.2) is 18.2 Å². The number of sulfonamides is 1. The summed E-state index contributed by atoms with van der Waals surface area (Å²) in [6.45, 7) is 0. The quantitative estimate of drug-likeness (QED) is 0.770. The van der Waals surface area contributed by atoms with Gasteiger partial charge in [-0.1, -0.05) is 30.3 Å². The third-order valence-electron chi connectivity index (χ3n) is 3.39. The zero-order valence-corrected chi connectivity index (χ0v) is 12.5. The molecule has 0 amide bonds. The van der Waals surface area contributed by atoms with Gasteiger partial charge < -0.3 is 0 Å². The molecule has 0 bridgehead atoms. The molecule has 112 valence electrons. The molecule has 3 rings (SSSR count). The standard InChI is InChI=1S/C15H13N3O3S/c1-18-15(19)13-8-3-2-7-12(13)14(17-18)10-5-4-6-11(9-10)22(16,20)21/h2-9H,1H3,(H2,16,20,21). The molecule has 0 unspecified atom stereocenters. The number of aromatic nitrogens is 2. The zero-order chi connectivity index (χ0) is 15.9. The van der Waals surface area contributed by atoms with Crippen LogP contribution in [0.25, 0.3) is 22.0 Å². The largest absolute Gasteiger partial charge is 0.274 e. The lowest BCUT2D eigenvalue weighted by molar-refractivity contribution is 0.598. The van der Waals surface area contributed by atoms with Gasteiger partial charge >= 0.3 is 0 Å². The van der Waals surface area contributed by atoms with Crippen LogP contribution < -0.4 is 10.7 Å². The first-order valence-electron chi connectivity index (χ1n) is 6.47. The number of hydrogen-bond donors (Lipinski definition) is 1. The fourth-order valence-corrected chi connectivity index (χ4v) is 2.89. The summed E-state index contributed by atoms with van der Waals surface area (Å²) >= 11 is 0. The topological polar surface area (TPSA) is 95.1 Å². The van der Waals surface area contributed by atoms with E-state index in [1.807, 2.05) is 0 Å². The molecule has 0 fully saturated rings. The van der Waals surface area contributed by atoms with Gasteiger partial charge in [0, 0.05) is 18.0 Å². The first-order valence-corrected chi connectivity index (χ1v) is 8.02. The van der Waals surface area contributed by atoms with E-state index in [1.54, 1.807) is 43.4 Å². The predicted molar refractivity (Wildman–Crippen MR) is 83.8 cm³/mol. The molecule has 0 aliphatic carbocycles. The van der Waals surface area contributed by atoms with Gasteiger partial charge in [-0.3, -0.25) is 4.79 Å². The van der Waals surface area contributed by atoms with E-state index in [1.165, 1.54) is 16.8 Å². The number of hydrogen-bond acceptors (Lipinski definition) is 4. The normalized spacial score (nSPS) is 11.7. The van der Waals surface area contributed by atoms with Gasteiger partial charge in [-0.25, -0.2) is 18.2 Å². The third kappa shape index (κ3) is 2.40. The maximum absolute atomic E-state index is 12.1. The summed E-state index contributed by atoms with van der Waals surface area (Å²) in [5, 5.41) is 10.6. The van der Waals surface area contributed by atoms with Gasteiger partial charge in [-0.15, -0.1) is 0 Å². The van der Waals surface area contributed by atoms with Crippen molar-refractivity contribution in [2.24, 2.45) is 12.2 Å². The minimum absolute atomic E-state index is 0.00438. The van der Waals surface area contributed by atoms with Gasteiger partial charge in [0.15, 0.2) is 0 Å². The van der Waals surface area contributed by atoms with Crippen LogP contribution in [0.15, 0.2) is 58.2 Å². The molecule has 22 heavy (non-hydrogen) atoms. The van der Waals surface area contributed by atoms with Crippen molar-refractivity contribution < 1.29 is 8.42 Å². The summed E-state index contributed by atoms with van der Waals surface area (Å²) in [5.41, 5.74) is 0.906. The highest BCUT2D eigenvalue weighted by Gasteiger charge is 2.13. The van der Waals surface area contributed by atoms with Crippen LogP contribution >= 0.6 is 0 Å². The molecule has 0 aliphatic heterocycles. The summed E-state index contributed by atoms with van der Waals surface area (Å²) < 4.78 is 24.2. The number of rotatable bonds is 2. The predicted octanol–water partition coefficient (Wildman–Crippen LogP) is 1.25. The van der Waals surface area contributed by atoms with Crippen molar-refractivity contribution in [1.29, 1.82) is 0 Å². The van der Waals surface area contributed by atoms with Crippen LogP contribution in [0.3, 0.4) is 0 Å². The number of aryl methyl sites for hydroxylation is 1. The van der Waals surface area contributed by atoms with Gasteiger partial charge in [-0.05, 0) is 18.2 Å². The molecule has 1 aromatic heterocycles. The van der Waals surface area contributed by atoms with E-state index in [9.17, 15) is 13.2 Å². The lowest BCUT2D eigenvalue weighted by Gasteiger charge is -2.09. The van der Waals surface area contributed by atoms with Gasteiger partial charge in [0.25, 0.3) is 5.56 Å². The second-order valence-corrected chi connectivity index (χ2v) is 6.46. The highest BCUT2D eigenvalue weighted by atomic mass is 32.2. The molecule has 0 atom stereocenters. The van der Waals surface area contributed by atoms with E-state index in [0.717, 1.165) is 0 Å². The van der Waals surface area contributed by atoms with Crippen LogP contribution in [0.4, 0.5) is 0 Å². The van der Waals surface area contributed by atoms with E-state index < -0.39 is 10.0 Å². The molecule has 0 spiro atoms. The van der Waals surface area contributed by atoms with Crippen LogP contribution in [0.2, 0.25) is 0 Å². The monoisotopic (exact) mass is 315 g/mol. The summed E-state index contributed by atoms with van der Waals surface area (Å²) in [4.78, 5) is 12.1. The average molecular weight is 315 g/mol. The Balaban J connectivity index is 2.37. The maximum atomic E-state index is 12.1. The Kier molecular flexibility index (Phi) is 3.31. The molecule has 0 radical (unpaired) electrons. The van der Waals surface area contributed by atoms with Crippen molar-refractivity contribution in [3.8, 4) is 11.3 Å². The van der Waals surface area contributed by atoms with Crippen molar-refractivity contribution in [3.63, 3.8) is 0 Å². The summed E-state index contributed by atoms with van der Waals surface area (Å²) in [6, 6.07) is 13.3. The molecule has 0 saturated carbocycles. The number of benzene rings is 2. The SMILES string of the molecule is Cn1nc(-c2cccc(S(N)(=O)=O)c2)c2ccccc2c1=O. The van der Waals surface area contributed by atoms with Crippen molar-refractivity contribution in [1.82, 2.24) is 9.78 Å². The second kappa shape index (κ2) is 5.04. The number of fused-ring (bicyclic) bond motifs is 1. The maximum Gasteiger partial charge on any atom is 0.274 e. The van der Waals surface area contributed by atoms with Crippen LogP contribution in [-0.2, 0) is 17.1 Å². The van der Waals surface area contributed by atoms with E-state index in [4.69, 9.17) is 5.14 Å². The molecule has 0 saturated heterocycles. The van der Waals surface area contributed by atoms with Crippen molar-refractivity contribution >= 4 is 20.8 Å². The highest BCUT2D eigenvalue weighted by molar-refractivity contribution is 7.89. The Morgan fingerprint density at radius 3 is 2.41 bits per heavy atom. The highest BCUT2D eigenvalue weighted by Crippen LogP contribution is 2.26. The van der Waals surface area contributed by atoms with Crippen molar-refractivity contribution in [2.75, 3.05) is 0 Å². The lowest BCUT2D eigenvalue weighted by atomic mass is 10.1. The zero-order valence-electron chi connectivity index (χ0n) is 11.7. The smallest absolute Gasteiger partial charge is 0.267 e. The molecule has 2 N–H and O–H groups in total. The van der Waals surface area contributed by atoms with Gasteiger partial charge in [0.1, 0.15) is 0 Å². The molecule has 3 aromatic rings. The Labute approximate surface area is 126 Å². The Morgan fingerprint density at radius 1 is 1.05 bits per heavy atom. The van der Waals surface area contributed by atoms with E-state index in [2.05, 4.69) is 5.10 Å². The first kappa shape index (κ1) is 14.4. The van der Waals surface area contributed by atoms with Crippen LogP contribution in [0, 0.1) is 0 Å². The number of primary sulfonamides is 1. The van der Waals surface area contributed by atoms with Gasteiger partial charge in [-0.2, -0.15) is 5.10 Å². The molecular formula is C15H13N3O3S. The fraction of sp³-hybridized carbons (Fsp3) is 0.0667. The number of nitrogens with zero attached hydrogens (tertiary/aromatic N) is 2. The van der Waals surface area contributed by atoms with Crippen molar-refractivity contribution in [3.05, 3.63) is 58.9 Å². The van der Waals surface area contributed by atoms with Crippen LogP contribution in [0.1, 0.15) is 0 Å². The Bertz CT molecular complexity index is 1040. The molecule has 0 aliphatic rings. The average Bonchev–Trinajstić information content (AvgIpc) is 2.50. The molecule has 2 aromatic carbocycles. The van der Waals surface area contributed by atoms with Gasteiger partial charge in [0.2, 0.25) is 10.0 Å². The van der Waals surface area contributed by atoms with Crippen molar-refractivity contribution in [2.45, 2.75) is 4.90 Å². The minimum Gasteiger partial charge on any atom is -0.267 e. The Morgan fingerprint density at radius 2 is 1.73 bits per heavy atom. The lowest BCUT2D eigenvalue weighted by Crippen LogP contribution is -2.20. The molecule has 1 heterocycles. The molecule has 7 heteroatoms. The molecule has 6 nitrogen and oxygen atoms in total. The summed E-state index contributed by atoms with van der Waals surface area (Å²) in [5.74, 6) is 0. The second-order valence-electron chi connectivity index (χ2n) is 4.90. The Hall–Kier alpha value is -2.51. The number of nitrogens with two attached hydrogens (primary N) is 1. The summed E-state index contributed by atoms with van der Waals surface area (Å²) in [7, 11) is -2.24. The molecular weight excluding hydrogens is 302 g/mol. The third-order valence-corrected chi connectivity index (χ3v) is 4.30. The van der Waals surface area contributed by atoms with Gasteiger partial charge in [0.05, 0.1) is 16.0 Å².